The Hall–Kier alpha value is -3.09. The first-order valence-corrected chi connectivity index (χ1v) is 8.23. The van der Waals surface area contributed by atoms with Gasteiger partial charge in [-0.15, -0.1) is 0 Å². The summed E-state index contributed by atoms with van der Waals surface area (Å²) in [4.78, 5) is 0. The van der Waals surface area contributed by atoms with Gasteiger partial charge in [-0.2, -0.15) is 10.0 Å². The Labute approximate surface area is 149 Å². The van der Waals surface area contributed by atoms with E-state index in [0.717, 1.165) is 15.9 Å². The number of hydroxylamine groups is 1. The maximum atomic E-state index is 13.5. The van der Waals surface area contributed by atoms with Crippen LogP contribution in [-0.4, -0.2) is 0 Å². The molecule has 4 rings (SSSR count). The average molecular weight is 345 g/mol. The largest absolute Gasteiger partial charge is 0.622 e. The fraction of sp³-hybridized carbons (Fsp3) is 0.0476. The minimum atomic E-state index is -1.22. The van der Waals surface area contributed by atoms with E-state index in [1.165, 1.54) is 0 Å². The third kappa shape index (κ3) is 2.08. The Kier molecular flexibility index (Phi) is 3.56. The van der Waals surface area contributed by atoms with E-state index in [0.29, 0.717) is 21.2 Å². The number of nitriles is 1. The normalized spacial score (nSPS) is 14.9. The van der Waals surface area contributed by atoms with Gasteiger partial charge in [0, 0.05) is 22.2 Å². The molecule has 0 atom stereocenters. The van der Waals surface area contributed by atoms with Crippen LogP contribution in [0.1, 0.15) is 11.1 Å². The highest BCUT2D eigenvalue weighted by molar-refractivity contribution is 6.30. The molecule has 3 aromatic carbocycles. The quantitative estimate of drug-likeness (QED) is 0.530. The number of rotatable bonds is 2. The second-order valence-corrected chi connectivity index (χ2v) is 6.32. The molecule has 0 aliphatic carbocycles. The topological polar surface area (TPSA) is 49.9 Å². The van der Waals surface area contributed by atoms with Crippen molar-refractivity contribution in [2.75, 3.05) is 0 Å². The average Bonchev–Trinajstić information content (AvgIpc) is 2.91. The van der Waals surface area contributed by atoms with Crippen LogP contribution < -0.4 is 15.3 Å². The molecule has 0 aromatic heterocycles. The number of hydrogen-bond acceptors (Lipinski definition) is 2. The van der Waals surface area contributed by atoms with Crippen molar-refractivity contribution in [1.29, 1.82) is 5.26 Å². The van der Waals surface area contributed by atoms with Crippen molar-refractivity contribution in [2.45, 2.75) is 5.54 Å². The SMILES string of the molecule is N#CC1=c2cc(Cl)ccc2=[N+]([O-])C1(c1ccccc1)c1ccccc1. The molecule has 25 heavy (non-hydrogen) atoms. The van der Waals surface area contributed by atoms with E-state index in [-0.39, 0.29) is 0 Å². The highest BCUT2D eigenvalue weighted by atomic mass is 35.5. The Balaban J connectivity index is 2.23. The van der Waals surface area contributed by atoms with Gasteiger partial charge in [0.1, 0.15) is 11.6 Å². The second-order valence-electron chi connectivity index (χ2n) is 5.89. The minimum absolute atomic E-state index is 0.386. The summed E-state index contributed by atoms with van der Waals surface area (Å²) < 4.78 is 0.932. The lowest BCUT2D eigenvalue weighted by Gasteiger charge is -2.29. The Bertz CT molecular complexity index is 1080. The molecule has 0 N–H and O–H groups in total. The summed E-state index contributed by atoms with van der Waals surface area (Å²) in [6.45, 7) is 0. The summed E-state index contributed by atoms with van der Waals surface area (Å²) in [6, 6.07) is 26.1. The molecule has 0 radical (unpaired) electrons. The highest BCUT2D eigenvalue weighted by Crippen LogP contribution is 2.40. The second kappa shape index (κ2) is 5.77. The molecule has 1 aliphatic rings. The molecule has 0 bridgehead atoms. The van der Waals surface area contributed by atoms with Crippen LogP contribution in [0.5, 0.6) is 0 Å². The van der Waals surface area contributed by atoms with E-state index in [4.69, 9.17) is 11.6 Å². The van der Waals surface area contributed by atoms with Gasteiger partial charge < -0.3 is 5.21 Å². The Morgan fingerprint density at radius 1 is 0.880 bits per heavy atom. The summed E-state index contributed by atoms with van der Waals surface area (Å²) in [5.74, 6) is 0. The fourth-order valence-electron chi connectivity index (χ4n) is 3.55. The number of nitrogens with zero attached hydrogens (tertiary/aromatic N) is 2. The van der Waals surface area contributed by atoms with Crippen LogP contribution in [0.25, 0.3) is 5.57 Å². The van der Waals surface area contributed by atoms with Crippen LogP contribution in [0.3, 0.4) is 0 Å². The molecule has 0 fully saturated rings. The van der Waals surface area contributed by atoms with Crippen molar-refractivity contribution in [2.24, 2.45) is 0 Å². The maximum absolute atomic E-state index is 13.5. The van der Waals surface area contributed by atoms with Crippen LogP contribution in [0.15, 0.2) is 78.9 Å². The third-order valence-corrected chi connectivity index (χ3v) is 4.84. The van der Waals surface area contributed by atoms with Crippen LogP contribution in [0.4, 0.5) is 0 Å². The lowest BCUT2D eigenvalue weighted by Crippen LogP contribution is -2.43. The smallest absolute Gasteiger partial charge is 0.260 e. The van der Waals surface area contributed by atoms with Crippen molar-refractivity contribution < 1.29 is 0 Å². The zero-order chi connectivity index (χ0) is 17.4. The zero-order valence-electron chi connectivity index (χ0n) is 13.2. The van der Waals surface area contributed by atoms with Gasteiger partial charge in [-0.05, 0) is 12.1 Å². The molecule has 4 heteroatoms. The molecule has 0 unspecified atom stereocenters. The number of halogens is 1. The van der Waals surface area contributed by atoms with E-state index in [2.05, 4.69) is 6.07 Å². The first-order chi connectivity index (χ1) is 12.2. The monoisotopic (exact) mass is 344 g/mol. The minimum Gasteiger partial charge on any atom is -0.622 e. The van der Waals surface area contributed by atoms with Crippen molar-refractivity contribution in [3.05, 3.63) is 111 Å². The molecule has 3 nitrogen and oxygen atoms in total. The molecule has 3 aromatic rings. The first kappa shape index (κ1) is 15.4. The fourth-order valence-corrected chi connectivity index (χ4v) is 3.72. The van der Waals surface area contributed by atoms with Crippen LogP contribution in [-0.2, 0) is 5.54 Å². The van der Waals surface area contributed by atoms with Gasteiger partial charge >= 0.3 is 0 Å². The van der Waals surface area contributed by atoms with Gasteiger partial charge in [-0.3, -0.25) is 0 Å². The van der Waals surface area contributed by atoms with Gasteiger partial charge in [0.2, 0.25) is 5.36 Å². The third-order valence-electron chi connectivity index (χ3n) is 4.61. The van der Waals surface area contributed by atoms with Crippen molar-refractivity contribution in [1.82, 2.24) is 4.74 Å². The predicted octanol–water partition coefficient (Wildman–Crippen LogP) is 2.96. The summed E-state index contributed by atoms with van der Waals surface area (Å²) >= 11 is 6.14. The standard InChI is InChI=1S/C21H13ClN2O/c22-17-11-12-20-18(13-17)19(14-23)21(24(20)25,15-7-3-1-4-8-15)16-9-5-2-6-10-16/h1-13H. The zero-order valence-corrected chi connectivity index (χ0v) is 13.9. The van der Waals surface area contributed by atoms with Gasteiger partial charge in [-0.25, -0.2) is 0 Å². The maximum Gasteiger partial charge on any atom is 0.260 e. The molecular weight excluding hydrogens is 332 g/mol. The molecule has 0 saturated carbocycles. The molecule has 0 saturated heterocycles. The van der Waals surface area contributed by atoms with E-state index >= 15 is 0 Å². The Morgan fingerprint density at radius 3 is 1.96 bits per heavy atom. The summed E-state index contributed by atoms with van der Waals surface area (Å²) in [5.41, 5.74) is 0.669. The number of benzene rings is 3. The van der Waals surface area contributed by atoms with Gasteiger partial charge in [-0.1, -0.05) is 72.3 Å². The van der Waals surface area contributed by atoms with Gasteiger partial charge in [0.15, 0.2) is 0 Å². The molecule has 0 amide bonds. The molecule has 0 spiro atoms. The van der Waals surface area contributed by atoms with Gasteiger partial charge in [0.25, 0.3) is 5.54 Å². The predicted molar refractivity (Wildman–Crippen MR) is 98.0 cm³/mol. The van der Waals surface area contributed by atoms with Crippen molar-refractivity contribution in [3.63, 3.8) is 0 Å². The molecular formula is C21H13ClN2O. The Morgan fingerprint density at radius 2 is 1.44 bits per heavy atom. The lowest BCUT2D eigenvalue weighted by atomic mass is 9.78. The van der Waals surface area contributed by atoms with E-state index < -0.39 is 5.54 Å². The summed E-state index contributed by atoms with van der Waals surface area (Å²) in [7, 11) is 0. The highest BCUT2D eigenvalue weighted by Gasteiger charge is 2.51. The molecule has 120 valence electrons. The van der Waals surface area contributed by atoms with Crippen LogP contribution in [0.2, 0.25) is 5.02 Å². The first-order valence-electron chi connectivity index (χ1n) is 7.85. The molecule has 1 heterocycles. The number of fused-ring (bicyclic) bond motifs is 1. The number of hydrogen-bond donors (Lipinski definition) is 0. The van der Waals surface area contributed by atoms with Crippen LogP contribution in [0, 0.1) is 16.5 Å². The lowest BCUT2D eigenvalue weighted by molar-refractivity contribution is 0.523. The van der Waals surface area contributed by atoms with Crippen LogP contribution >= 0.6 is 11.6 Å². The van der Waals surface area contributed by atoms with E-state index in [1.807, 2.05) is 60.7 Å². The molecule has 1 aliphatic heterocycles. The van der Waals surface area contributed by atoms with Gasteiger partial charge in [0.05, 0.1) is 5.22 Å². The summed E-state index contributed by atoms with van der Waals surface area (Å²) in [5, 5.41) is 25.0. The van der Waals surface area contributed by atoms with E-state index in [9.17, 15) is 10.5 Å². The van der Waals surface area contributed by atoms with E-state index in [1.54, 1.807) is 18.2 Å². The van der Waals surface area contributed by atoms with Crippen molar-refractivity contribution >= 4 is 17.2 Å². The summed E-state index contributed by atoms with van der Waals surface area (Å²) in [6.07, 6.45) is 0. The van der Waals surface area contributed by atoms with Crippen molar-refractivity contribution in [3.8, 4) is 6.07 Å².